The highest BCUT2D eigenvalue weighted by atomic mass is 16.5. The van der Waals surface area contributed by atoms with Gasteiger partial charge in [0.1, 0.15) is 5.75 Å². The molecular weight excluding hydrogens is 236 g/mol. The summed E-state index contributed by atoms with van der Waals surface area (Å²) < 4.78 is 5.58. The van der Waals surface area contributed by atoms with Gasteiger partial charge in [0.2, 0.25) is 0 Å². The second-order valence-electron chi connectivity index (χ2n) is 6.03. The Balaban J connectivity index is 2.04. The van der Waals surface area contributed by atoms with Crippen LogP contribution < -0.4 is 4.74 Å². The lowest BCUT2D eigenvalue weighted by Gasteiger charge is -2.38. The van der Waals surface area contributed by atoms with Crippen LogP contribution in [0.2, 0.25) is 0 Å². The molecule has 1 aromatic rings. The molecule has 1 atom stereocenters. The molecule has 0 spiro atoms. The van der Waals surface area contributed by atoms with Crippen LogP contribution in [0.15, 0.2) is 24.3 Å². The Hall–Kier alpha value is -1.02. The Morgan fingerprint density at radius 2 is 1.79 bits per heavy atom. The summed E-state index contributed by atoms with van der Waals surface area (Å²) in [5.41, 5.74) is 1.07. The molecule has 1 saturated carbocycles. The SMILES string of the molecule is CCCOc1ccc(C(O)C2(C)CCCCC2)cc1. The minimum absolute atomic E-state index is 0.0457. The van der Waals surface area contributed by atoms with Gasteiger partial charge in [0, 0.05) is 0 Å². The first-order valence-corrected chi connectivity index (χ1v) is 7.56. The molecule has 1 unspecified atom stereocenters. The Morgan fingerprint density at radius 3 is 2.37 bits per heavy atom. The fourth-order valence-corrected chi connectivity index (χ4v) is 3.00. The summed E-state index contributed by atoms with van der Waals surface area (Å²) in [6, 6.07) is 7.96. The van der Waals surface area contributed by atoms with Gasteiger partial charge in [-0.25, -0.2) is 0 Å². The fourth-order valence-electron chi connectivity index (χ4n) is 3.00. The highest BCUT2D eigenvalue weighted by Crippen LogP contribution is 2.45. The van der Waals surface area contributed by atoms with Gasteiger partial charge in [-0.05, 0) is 42.4 Å². The van der Waals surface area contributed by atoms with E-state index in [2.05, 4.69) is 13.8 Å². The van der Waals surface area contributed by atoms with E-state index in [1.807, 2.05) is 24.3 Å². The third-order valence-corrected chi connectivity index (χ3v) is 4.32. The van der Waals surface area contributed by atoms with Gasteiger partial charge in [-0.2, -0.15) is 0 Å². The molecule has 2 heteroatoms. The fraction of sp³-hybridized carbons (Fsp3) is 0.647. The minimum atomic E-state index is -0.354. The molecule has 0 amide bonds. The molecule has 0 radical (unpaired) electrons. The zero-order chi connectivity index (χ0) is 13.7. The second-order valence-corrected chi connectivity index (χ2v) is 6.03. The van der Waals surface area contributed by atoms with Gasteiger partial charge in [0.05, 0.1) is 12.7 Å². The lowest BCUT2D eigenvalue weighted by atomic mass is 9.70. The molecule has 0 heterocycles. The van der Waals surface area contributed by atoms with E-state index in [1.165, 1.54) is 19.3 Å². The van der Waals surface area contributed by atoms with Crippen molar-refractivity contribution >= 4 is 0 Å². The maximum atomic E-state index is 10.6. The van der Waals surface area contributed by atoms with E-state index in [1.54, 1.807) is 0 Å². The highest BCUT2D eigenvalue weighted by Gasteiger charge is 2.35. The van der Waals surface area contributed by atoms with Crippen LogP contribution in [-0.4, -0.2) is 11.7 Å². The predicted octanol–water partition coefficient (Wildman–Crippen LogP) is 4.48. The third-order valence-electron chi connectivity index (χ3n) is 4.32. The molecule has 1 aromatic carbocycles. The van der Waals surface area contributed by atoms with Gasteiger partial charge >= 0.3 is 0 Å². The maximum Gasteiger partial charge on any atom is 0.119 e. The van der Waals surface area contributed by atoms with E-state index in [0.29, 0.717) is 0 Å². The lowest BCUT2D eigenvalue weighted by Crippen LogP contribution is -2.28. The molecule has 106 valence electrons. The second kappa shape index (κ2) is 6.42. The van der Waals surface area contributed by atoms with E-state index in [4.69, 9.17) is 4.74 Å². The van der Waals surface area contributed by atoms with E-state index in [-0.39, 0.29) is 11.5 Å². The zero-order valence-corrected chi connectivity index (χ0v) is 12.2. The average molecular weight is 262 g/mol. The van der Waals surface area contributed by atoms with Crippen molar-refractivity contribution in [3.8, 4) is 5.75 Å². The maximum absolute atomic E-state index is 10.6. The molecule has 0 aliphatic heterocycles. The summed E-state index contributed by atoms with van der Waals surface area (Å²) in [5, 5.41) is 10.6. The summed E-state index contributed by atoms with van der Waals surface area (Å²) >= 11 is 0. The van der Waals surface area contributed by atoms with Crippen LogP contribution in [0.5, 0.6) is 5.75 Å². The van der Waals surface area contributed by atoms with E-state index >= 15 is 0 Å². The Labute approximate surface area is 116 Å². The summed E-state index contributed by atoms with van der Waals surface area (Å²) in [4.78, 5) is 0. The van der Waals surface area contributed by atoms with Crippen LogP contribution in [0.3, 0.4) is 0 Å². The van der Waals surface area contributed by atoms with Gasteiger partial charge in [-0.1, -0.05) is 45.2 Å². The molecule has 1 N–H and O–H groups in total. The Kier molecular flexibility index (Phi) is 4.87. The first kappa shape index (κ1) is 14.4. The van der Waals surface area contributed by atoms with E-state index in [9.17, 15) is 5.11 Å². The topological polar surface area (TPSA) is 29.5 Å². The first-order chi connectivity index (χ1) is 9.15. The molecule has 2 nitrogen and oxygen atoms in total. The number of aliphatic hydroxyl groups is 1. The largest absolute Gasteiger partial charge is 0.494 e. The standard InChI is InChI=1S/C17H26O2/c1-3-13-19-15-9-7-14(8-10-15)16(18)17(2)11-5-4-6-12-17/h7-10,16,18H,3-6,11-13H2,1-2H3. The van der Waals surface area contributed by atoms with Gasteiger partial charge in [0.25, 0.3) is 0 Å². The number of ether oxygens (including phenoxy) is 1. The zero-order valence-electron chi connectivity index (χ0n) is 12.2. The quantitative estimate of drug-likeness (QED) is 0.847. The summed E-state index contributed by atoms with van der Waals surface area (Å²) in [5.74, 6) is 0.895. The summed E-state index contributed by atoms with van der Waals surface area (Å²) in [6.07, 6.45) is 6.71. The van der Waals surface area contributed by atoms with Gasteiger partial charge in [0.15, 0.2) is 0 Å². The molecule has 1 aliphatic rings. The van der Waals surface area contributed by atoms with E-state index in [0.717, 1.165) is 37.2 Å². The minimum Gasteiger partial charge on any atom is -0.494 e. The van der Waals surface area contributed by atoms with Crippen molar-refractivity contribution in [1.29, 1.82) is 0 Å². The first-order valence-electron chi connectivity index (χ1n) is 7.56. The van der Waals surface area contributed by atoms with Crippen molar-refractivity contribution in [3.05, 3.63) is 29.8 Å². The lowest BCUT2D eigenvalue weighted by molar-refractivity contribution is 0.00816. The van der Waals surface area contributed by atoms with Gasteiger partial charge < -0.3 is 9.84 Å². The normalized spacial score (nSPS) is 19.9. The predicted molar refractivity (Wildman–Crippen MR) is 78.4 cm³/mol. The molecular formula is C17H26O2. The van der Waals surface area contributed by atoms with E-state index < -0.39 is 0 Å². The summed E-state index contributed by atoms with van der Waals surface area (Å²) in [7, 11) is 0. The van der Waals surface area contributed by atoms with Crippen LogP contribution in [0.4, 0.5) is 0 Å². The molecule has 0 aromatic heterocycles. The number of hydrogen-bond donors (Lipinski definition) is 1. The van der Waals surface area contributed by atoms with Crippen LogP contribution in [-0.2, 0) is 0 Å². The molecule has 2 rings (SSSR count). The van der Waals surface area contributed by atoms with Crippen molar-refractivity contribution in [2.24, 2.45) is 5.41 Å². The Morgan fingerprint density at radius 1 is 1.16 bits per heavy atom. The number of rotatable bonds is 5. The number of benzene rings is 1. The van der Waals surface area contributed by atoms with Crippen molar-refractivity contribution in [1.82, 2.24) is 0 Å². The molecule has 1 aliphatic carbocycles. The van der Waals surface area contributed by atoms with Gasteiger partial charge in [-0.15, -0.1) is 0 Å². The molecule has 0 saturated heterocycles. The number of hydrogen-bond acceptors (Lipinski definition) is 2. The van der Waals surface area contributed by atoms with Crippen molar-refractivity contribution < 1.29 is 9.84 Å². The van der Waals surface area contributed by atoms with Gasteiger partial charge in [-0.3, -0.25) is 0 Å². The van der Waals surface area contributed by atoms with Crippen molar-refractivity contribution in [3.63, 3.8) is 0 Å². The van der Waals surface area contributed by atoms with Crippen molar-refractivity contribution in [2.45, 2.75) is 58.5 Å². The number of aliphatic hydroxyl groups excluding tert-OH is 1. The smallest absolute Gasteiger partial charge is 0.119 e. The average Bonchev–Trinajstić information content (AvgIpc) is 2.46. The highest BCUT2D eigenvalue weighted by molar-refractivity contribution is 5.29. The van der Waals surface area contributed by atoms with Crippen LogP contribution >= 0.6 is 0 Å². The van der Waals surface area contributed by atoms with Crippen LogP contribution in [0, 0.1) is 5.41 Å². The molecule has 1 fully saturated rings. The van der Waals surface area contributed by atoms with Crippen LogP contribution in [0.1, 0.15) is 64.0 Å². The van der Waals surface area contributed by atoms with Crippen LogP contribution in [0.25, 0.3) is 0 Å². The molecule has 19 heavy (non-hydrogen) atoms. The Bertz CT molecular complexity index is 377. The van der Waals surface area contributed by atoms with Crippen molar-refractivity contribution in [2.75, 3.05) is 6.61 Å². The third kappa shape index (κ3) is 3.50. The monoisotopic (exact) mass is 262 g/mol. The summed E-state index contributed by atoms with van der Waals surface area (Å²) in [6.45, 7) is 5.07. The molecule has 0 bridgehead atoms.